The number of aryl methyl sites for hydroxylation is 1. The lowest BCUT2D eigenvalue weighted by atomic mass is 9.82. The summed E-state index contributed by atoms with van der Waals surface area (Å²) in [5.41, 5.74) is 11.7. The molecule has 0 bridgehead atoms. The number of anilines is 1. The maximum Gasteiger partial charge on any atom is 0.306 e. The molecule has 1 heterocycles. The van der Waals surface area contributed by atoms with Gasteiger partial charge in [-0.25, -0.2) is 0 Å². The Hall–Kier alpha value is -4.00. The van der Waals surface area contributed by atoms with Crippen LogP contribution in [0.15, 0.2) is 72.0 Å². The van der Waals surface area contributed by atoms with Gasteiger partial charge in [0.15, 0.2) is 0 Å². The first-order chi connectivity index (χ1) is 17.0. The number of esters is 1. The predicted molar refractivity (Wildman–Crippen MR) is 136 cm³/mol. The molecule has 7 nitrogen and oxygen atoms in total. The molecule has 0 saturated carbocycles. The number of pyridine rings is 1. The third kappa shape index (κ3) is 6.53. The zero-order chi connectivity index (χ0) is 24.6. The predicted octanol–water partition coefficient (Wildman–Crippen LogP) is 4.30. The molecule has 4 rings (SSSR count). The van der Waals surface area contributed by atoms with Crippen LogP contribution in [-0.4, -0.2) is 29.3 Å². The van der Waals surface area contributed by atoms with E-state index in [2.05, 4.69) is 15.3 Å². The molecule has 0 aliphatic heterocycles. The van der Waals surface area contributed by atoms with Crippen LogP contribution >= 0.6 is 0 Å². The lowest BCUT2D eigenvalue weighted by molar-refractivity contribution is -0.144. The minimum absolute atomic E-state index is 0.127. The van der Waals surface area contributed by atoms with Gasteiger partial charge in [0.25, 0.3) is 5.91 Å². The molecule has 35 heavy (non-hydrogen) atoms. The van der Waals surface area contributed by atoms with Crippen molar-refractivity contribution in [3.63, 3.8) is 0 Å². The lowest BCUT2D eigenvalue weighted by Gasteiger charge is -2.24. The van der Waals surface area contributed by atoms with Gasteiger partial charge in [-0.1, -0.05) is 18.2 Å². The summed E-state index contributed by atoms with van der Waals surface area (Å²) in [5, 5.41) is 2.98. The molecule has 0 spiro atoms. The summed E-state index contributed by atoms with van der Waals surface area (Å²) in [5.74, 6) is 0.420. The average Bonchev–Trinajstić information content (AvgIpc) is 2.88. The summed E-state index contributed by atoms with van der Waals surface area (Å²) >= 11 is 0. The van der Waals surface area contributed by atoms with Gasteiger partial charge >= 0.3 is 5.97 Å². The Labute approximate surface area is 205 Å². The quantitative estimate of drug-likeness (QED) is 0.290. The monoisotopic (exact) mass is 470 g/mol. The number of carbonyl (C=O) groups excluding carboxylic acids is 2. The van der Waals surface area contributed by atoms with Crippen LogP contribution in [0.1, 0.15) is 52.4 Å². The SMILES string of the molecule is CCOC(=O)CC1CCc2cc(NC(=O)c3ccc(C(N)=NCc4ccncc4)cc3)ccc2C1. The van der Waals surface area contributed by atoms with Gasteiger partial charge in [0.2, 0.25) is 0 Å². The van der Waals surface area contributed by atoms with E-state index in [0.29, 0.717) is 36.9 Å². The van der Waals surface area contributed by atoms with Crippen LogP contribution in [-0.2, 0) is 28.9 Å². The van der Waals surface area contributed by atoms with Crippen molar-refractivity contribution in [3.05, 3.63) is 94.8 Å². The Bertz CT molecular complexity index is 1210. The van der Waals surface area contributed by atoms with Crippen molar-refractivity contribution in [2.24, 2.45) is 16.6 Å². The molecule has 180 valence electrons. The van der Waals surface area contributed by atoms with Crippen LogP contribution < -0.4 is 11.1 Å². The number of amides is 1. The number of nitrogens with two attached hydrogens (primary N) is 1. The summed E-state index contributed by atoms with van der Waals surface area (Å²) < 4.78 is 5.09. The molecule has 1 aliphatic rings. The number of amidine groups is 1. The summed E-state index contributed by atoms with van der Waals surface area (Å²) in [4.78, 5) is 33.0. The van der Waals surface area contributed by atoms with Crippen LogP contribution in [0.3, 0.4) is 0 Å². The summed E-state index contributed by atoms with van der Waals surface area (Å²) in [6, 6.07) is 16.9. The second-order valence-corrected chi connectivity index (χ2v) is 8.69. The fraction of sp³-hybridized carbons (Fsp3) is 0.286. The summed E-state index contributed by atoms with van der Waals surface area (Å²) in [6.07, 6.45) is 6.58. The van der Waals surface area contributed by atoms with E-state index in [-0.39, 0.29) is 11.9 Å². The Morgan fingerprint density at radius 2 is 1.80 bits per heavy atom. The molecule has 0 radical (unpaired) electrons. The highest BCUT2D eigenvalue weighted by atomic mass is 16.5. The summed E-state index contributed by atoms with van der Waals surface area (Å²) in [6.45, 7) is 2.72. The fourth-order valence-electron chi connectivity index (χ4n) is 4.29. The Morgan fingerprint density at radius 1 is 1.06 bits per heavy atom. The highest BCUT2D eigenvalue weighted by Gasteiger charge is 2.22. The number of rotatable bonds is 8. The van der Waals surface area contributed by atoms with Crippen LogP contribution in [0, 0.1) is 5.92 Å². The van der Waals surface area contributed by atoms with Gasteiger partial charge in [-0.15, -0.1) is 0 Å². The molecule has 1 unspecified atom stereocenters. The van der Waals surface area contributed by atoms with Gasteiger partial charge in [-0.05, 0) is 85.2 Å². The van der Waals surface area contributed by atoms with E-state index < -0.39 is 0 Å². The Morgan fingerprint density at radius 3 is 2.54 bits per heavy atom. The van der Waals surface area contributed by atoms with Crippen molar-refractivity contribution in [2.75, 3.05) is 11.9 Å². The zero-order valence-corrected chi connectivity index (χ0v) is 19.9. The molecular weight excluding hydrogens is 440 g/mol. The molecule has 1 amide bonds. The molecule has 1 aromatic heterocycles. The smallest absolute Gasteiger partial charge is 0.306 e. The van der Waals surface area contributed by atoms with E-state index in [1.165, 1.54) is 11.1 Å². The molecule has 0 saturated heterocycles. The highest BCUT2D eigenvalue weighted by molar-refractivity contribution is 6.05. The van der Waals surface area contributed by atoms with Crippen LogP contribution in [0.25, 0.3) is 0 Å². The van der Waals surface area contributed by atoms with Crippen LogP contribution in [0.2, 0.25) is 0 Å². The number of nitrogens with zero attached hydrogens (tertiary/aromatic N) is 2. The first kappa shape index (κ1) is 24.1. The molecule has 7 heteroatoms. The van der Waals surface area contributed by atoms with E-state index >= 15 is 0 Å². The maximum absolute atomic E-state index is 12.8. The number of fused-ring (bicyclic) bond motifs is 1. The van der Waals surface area contributed by atoms with Crippen molar-refractivity contribution in [2.45, 2.75) is 39.2 Å². The highest BCUT2D eigenvalue weighted by Crippen LogP contribution is 2.30. The Balaban J connectivity index is 1.35. The molecular formula is C28H30N4O3. The zero-order valence-electron chi connectivity index (χ0n) is 19.9. The van der Waals surface area contributed by atoms with Gasteiger partial charge < -0.3 is 15.8 Å². The second kappa shape index (κ2) is 11.4. The third-order valence-corrected chi connectivity index (χ3v) is 6.18. The molecule has 0 fully saturated rings. The largest absolute Gasteiger partial charge is 0.466 e. The van der Waals surface area contributed by atoms with Gasteiger partial charge in [0.1, 0.15) is 5.84 Å². The van der Waals surface area contributed by atoms with Gasteiger partial charge in [0.05, 0.1) is 13.2 Å². The van der Waals surface area contributed by atoms with Crippen molar-refractivity contribution in [3.8, 4) is 0 Å². The van der Waals surface area contributed by atoms with Gasteiger partial charge in [-0.3, -0.25) is 19.6 Å². The standard InChI is InChI=1S/C28H30N4O3/c1-2-35-26(33)16-20-3-4-24-17-25(10-9-23(24)15-20)32-28(34)22-7-5-21(6-8-22)27(29)31-18-19-11-13-30-14-12-19/h5-14,17,20H,2-4,15-16,18H2,1H3,(H2,29,31)(H,32,34). The normalized spacial score (nSPS) is 15.2. The summed E-state index contributed by atoms with van der Waals surface area (Å²) in [7, 11) is 0. The van der Waals surface area contributed by atoms with E-state index in [4.69, 9.17) is 10.5 Å². The van der Waals surface area contributed by atoms with Crippen molar-refractivity contribution in [1.29, 1.82) is 0 Å². The number of aliphatic imine (C=N–C) groups is 1. The van der Waals surface area contributed by atoms with E-state index in [9.17, 15) is 9.59 Å². The van der Waals surface area contributed by atoms with Crippen molar-refractivity contribution < 1.29 is 14.3 Å². The second-order valence-electron chi connectivity index (χ2n) is 8.69. The third-order valence-electron chi connectivity index (χ3n) is 6.18. The molecule has 3 aromatic rings. The van der Waals surface area contributed by atoms with E-state index in [1.54, 1.807) is 36.7 Å². The van der Waals surface area contributed by atoms with Crippen LogP contribution in [0.5, 0.6) is 0 Å². The molecule has 1 atom stereocenters. The number of ether oxygens (including phenoxy) is 1. The minimum atomic E-state index is -0.181. The van der Waals surface area contributed by atoms with Gasteiger partial charge in [-0.2, -0.15) is 0 Å². The molecule has 2 aromatic carbocycles. The number of hydrogen-bond acceptors (Lipinski definition) is 5. The Kier molecular flexibility index (Phi) is 7.88. The van der Waals surface area contributed by atoms with Crippen molar-refractivity contribution >= 4 is 23.4 Å². The number of hydrogen-bond donors (Lipinski definition) is 2. The number of carbonyl (C=O) groups is 2. The topological polar surface area (TPSA) is 107 Å². The molecule has 3 N–H and O–H groups in total. The first-order valence-corrected chi connectivity index (χ1v) is 11.9. The van der Waals surface area contributed by atoms with Crippen molar-refractivity contribution in [1.82, 2.24) is 4.98 Å². The average molecular weight is 471 g/mol. The number of benzene rings is 2. The van der Waals surface area contributed by atoms with Crippen LogP contribution in [0.4, 0.5) is 5.69 Å². The minimum Gasteiger partial charge on any atom is -0.466 e. The fourth-order valence-corrected chi connectivity index (χ4v) is 4.29. The first-order valence-electron chi connectivity index (χ1n) is 11.9. The number of aromatic nitrogens is 1. The molecule has 1 aliphatic carbocycles. The lowest BCUT2D eigenvalue weighted by Crippen LogP contribution is -2.19. The van der Waals surface area contributed by atoms with Gasteiger partial charge in [0, 0.05) is 35.6 Å². The maximum atomic E-state index is 12.8. The van der Waals surface area contributed by atoms with E-state index in [1.807, 2.05) is 37.3 Å². The number of nitrogens with one attached hydrogen (secondary N) is 1. The van der Waals surface area contributed by atoms with E-state index in [0.717, 1.165) is 36.1 Å².